The van der Waals surface area contributed by atoms with Crippen LogP contribution in [0.4, 0.5) is 5.69 Å². The van der Waals surface area contributed by atoms with Gasteiger partial charge in [-0.1, -0.05) is 59.4 Å². The van der Waals surface area contributed by atoms with Crippen molar-refractivity contribution in [2.75, 3.05) is 31.7 Å². The predicted molar refractivity (Wildman–Crippen MR) is 148 cm³/mol. The largest absolute Gasteiger partial charge is 0.497 e. The molecule has 0 N–H and O–H groups in total. The Labute approximate surface area is 221 Å². The van der Waals surface area contributed by atoms with Gasteiger partial charge in [-0.25, -0.2) is 9.48 Å². The van der Waals surface area contributed by atoms with Crippen LogP contribution in [0.1, 0.15) is 47.8 Å². The maximum Gasteiger partial charge on any atom is 0.361 e. The number of nitrogens with zero attached hydrogens (tertiary/aromatic N) is 4. The Bertz CT molecular complexity index is 1360. The molecule has 1 aromatic heterocycles. The van der Waals surface area contributed by atoms with Gasteiger partial charge in [-0.2, -0.15) is 0 Å². The Morgan fingerprint density at radius 1 is 0.973 bits per heavy atom. The summed E-state index contributed by atoms with van der Waals surface area (Å²) in [6, 6.07) is 20.9. The molecular formula is C29H32N4O3S. The minimum Gasteiger partial charge on any atom is -0.497 e. The third-order valence-electron chi connectivity index (χ3n) is 6.70. The zero-order valence-corrected chi connectivity index (χ0v) is 22.2. The van der Waals surface area contributed by atoms with Gasteiger partial charge in [0.1, 0.15) is 10.8 Å². The van der Waals surface area contributed by atoms with E-state index in [1.807, 2.05) is 24.3 Å². The number of aromatic nitrogens is 3. The first-order valence-electron chi connectivity index (χ1n) is 12.8. The number of carbonyl (C=O) groups is 1. The number of thioether (sulfide) groups is 1. The van der Waals surface area contributed by atoms with E-state index < -0.39 is 5.97 Å². The standard InChI is InChI=1S/C29H32N4O3S/c1-3-36-29(34)27-28(33(31-30-27)19-21-11-14-23(35-2)15-12-21)37-20-22-13-16-26(32-17-7-4-8-18-32)25-10-6-5-9-24(22)25/h5-6,9-16H,3-4,7-8,17-20H2,1-2H3. The molecule has 0 saturated carbocycles. The summed E-state index contributed by atoms with van der Waals surface area (Å²) < 4.78 is 12.3. The van der Waals surface area contributed by atoms with Crippen molar-refractivity contribution in [3.8, 4) is 5.75 Å². The topological polar surface area (TPSA) is 69.5 Å². The van der Waals surface area contributed by atoms with Gasteiger partial charge in [0, 0.05) is 29.9 Å². The van der Waals surface area contributed by atoms with E-state index in [4.69, 9.17) is 9.47 Å². The first-order valence-corrected chi connectivity index (χ1v) is 13.8. The Balaban J connectivity index is 1.43. The third kappa shape index (κ3) is 5.59. The number of hydrogen-bond donors (Lipinski definition) is 0. The molecule has 1 aliphatic rings. The van der Waals surface area contributed by atoms with Crippen LogP contribution in [-0.2, 0) is 17.0 Å². The van der Waals surface area contributed by atoms with E-state index in [9.17, 15) is 4.79 Å². The molecule has 2 heterocycles. The lowest BCUT2D eigenvalue weighted by molar-refractivity contribution is 0.0515. The van der Waals surface area contributed by atoms with Crippen molar-refractivity contribution >= 4 is 34.2 Å². The number of piperidine rings is 1. The molecule has 1 saturated heterocycles. The Hall–Kier alpha value is -3.52. The van der Waals surface area contributed by atoms with E-state index in [0.29, 0.717) is 17.3 Å². The molecule has 37 heavy (non-hydrogen) atoms. The summed E-state index contributed by atoms with van der Waals surface area (Å²) in [5, 5.41) is 11.7. The fourth-order valence-corrected chi connectivity index (χ4v) is 5.87. The average molecular weight is 517 g/mol. The molecule has 0 spiro atoms. The van der Waals surface area contributed by atoms with Crippen LogP contribution in [0.2, 0.25) is 0 Å². The van der Waals surface area contributed by atoms with E-state index >= 15 is 0 Å². The molecule has 1 fully saturated rings. The van der Waals surface area contributed by atoms with E-state index in [-0.39, 0.29) is 12.3 Å². The van der Waals surface area contributed by atoms with Gasteiger partial charge in [0.05, 0.1) is 20.3 Å². The Kier molecular flexibility index (Phi) is 7.94. The monoisotopic (exact) mass is 516 g/mol. The molecule has 0 aliphatic carbocycles. The van der Waals surface area contributed by atoms with Crippen molar-refractivity contribution < 1.29 is 14.3 Å². The number of esters is 1. The van der Waals surface area contributed by atoms with Crippen molar-refractivity contribution in [1.82, 2.24) is 15.0 Å². The maximum absolute atomic E-state index is 12.7. The Morgan fingerprint density at radius 3 is 2.46 bits per heavy atom. The molecule has 0 amide bonds. The van der Waals surface area contributed by atoms with Crippen LogP contribution in [0.25, 0.3) is 10.8 Å². The molecule has 192 valence electrons. The number of fused-ring (bicyclic) bond motifs is 1. The minimum atomic E-state index is -0.448. The molecule has 5 rings (SSSR count). The van der Waals surface area contributed by atoms with E-state index in [2.05, 4.69) is 51.6 Å². The van der Waals surface area contributed by atoms with E-state index in [1.54, 1.807) is 30.5 Å². The van der Waals surface area contributed by atoms with Crippen molar-refractivity contribution in [1.29, 1.82) is 0 Å². The molecule has 4 aromatic rings. The zero-order chi connectivity index (χ0) is 25.6. The van der Waals surface area contributed by atoms with Gasteiger partial charge in [0.15, 0.2) is 0 Å². The smallest absolute Gasteiger partial charge is 0.361 e. The van der Waals surface area contributed by atoms with Gasteiger partial charge >= 0.3 is 5.97 Å². The van der Waals surface area contributed by atoms with E-state index in [0.717, 1.165) is 24.4 Å². The van der Waals surface area contributed by atoms with Crippen molar-refractivity contribution in [2.24, 2.45) is 0 Å². The summed E-state index contributed by atoms with van der Waals surface area (Å²) in [7, 11) is 1.65. The summed E-state index contributed by atoms with van der Waals surface area (Å²) in [6.07, 6.45) is 3.80. The lowest BCUT2D eigenvalue weighted by Gasteiger charge is -2.30. The molecule has 0 atom stereocenters. The number of anilines is 1. The molecule has 7 nitrogen and oxygen atoms in total. The fraction of sp³-hybridized carbons (Fsp3) is 0.345. The van der Waals surface area contributed by atoms with Gasteiger partial charge in [-0.15, -0.1) is 5.10 Å². The van der Waals surface area contributed by atoms with Crippen LogP contribution in [0, 0.1) is 0 Å². The van der Waals surface area contributed by atoms with Gasteiger partial charge in [-0.05, 0) is 60.9 Å². The lowest BCUT2D eigenvalue weighted by Crippen LogP contribution is -2.29. The summed E-state index contributed by atoms with van der Waals surface area (Å²) in [6.45, 7) is 4.79. The predicted octanol–water partition coefficient (Wildman–Crippen LogP) is 5.95. The number of methoxy groups -OCH3 is 1. The number of carbonyl (C=O) groups excluding carboxylic acids is 1. The van der Waals surface area contributed by atoms with Crippen molar-refractivity contribution in [2.45, 2.75) is 43.5 Å². The summed E-state index contributed by atoms with van der Waals surface area (Å²) >= 11 is 1.57. The second kappa shape index (κ2) is 11.7. The lowest BCUT2D eigenvalue weighted by atomic mass is 10.0. The first kappa shape index (κ1) is 25.1. The molecule has 1 aliphatic heterocycles. The molecule has 3 aromatic carbocycles. The van der Waals surface area contributed by atoms with Crippen LogP contribution >= 0.6 is 11.8 Å². The van der Waals surface area contributed by atoms with Crippen LogP contribution in [0.15, 0.2) is 65.7 Å². The molecule has 0 unspecified atom stereocenters. The van der Waals surface area contributed by atoms with Crippen LogP contribution in [0.5, 0.6) is 5.75 Å². The normalized spacial score (nSPS) is 13.6. The van der Waals surface area contributed by atoms with Crippen molar-refractivity contribution in [3.63, 3.8) is 0 Å². The van der Waals surface area contributed by atoms with Crippen LogP contribution in [0.3, 0.4) is 0 Å². The highest BCUT2D eigenvalue weighted by Crippen LogP contribution is 2.35. The quantitative estimate of drug-likeness (QED) is 0.201. The van der Waals surface area contributed by atoms with Gasteiger partial charge in [0.2, 0.25) is 5.69 Å². The average Bonchev–Trinajstić information content (AvgIpc) is 3.35. The number of benzene rings is 3. The number of rotatable bonds is 9. The number of ether oxygens (including phenoxy) is 2. The second-order valence-electron chi connectivity index (χ2n) is 9.10. The summed E-state index contributed by atoms with van der Waals surface area (Å²) in [5.41, 5.74) is 3.82. The highest BCUT2D eigenvalue weighted by Gasteiger charge is 2.22. The summed E-state index contributed by atoms with van der Waals surface area (Å²) in [4.78, 5) is 15.2. The van der Waals surface area contributed by atoms with E-state index in [1.165, 1.54) is 41.3 Å². The fourth-order valence-electron chi connectivity index (χ4n) is 4.81. The molecular weight excluding hydrogens is 484 g/mol. The van der Waals surface area contributed by atoms with Gasteiger partial charge in [-0.3, -0.25) is 0 Å². The SMILES string of the molecule is CCOC(=O)c1nnn(Cc2ccc(OC)cc2)c1SCc1ccc(N2CCCCC2)c2ccccc12. The third-order valence-corrected chi connectivity index (χ3v) is 7.84. The maximum atomic E-state index is 12.7. The Morgan fingerprint density at radius 2 is 1.73 bits per heavy atom. The molecule has 0 radical (unpaired) electrons. The second-order valence-corrected chi connectivity index (χ2v) is 10.1. The molecule has 8 heteroatoms. The molecule has 0 bridgehead atoms. The van der Waals surface area contributed by atoms with Gasteiger partial charge < -0.3 is 14.4 Å². The van der Waals surface area contributed by atoms with Crippen molar-refractivity contribution in [3.05, 3.63) is 77.5 Å². The van der Waals surface area contributed by atoms with Crippen LogP contribution in [-0.4, -0.2) is 47.8 Å². The highest BCUT2D eigenvalue weighted by atomic mass is 32.2. The van der Waals surface area contributed by atoms with Crippen LogP contribution < -0.4 is 9.64 Å². The number of hydrogen-bond acceptors (Lipinski definition) is 7. The van der Waals surface area contributed by atoms with Gasteiger partial charge in [0.25, 0.3) is 0 Å². The zero-order valence-electron chi connectivity index (χ0n) is 21.4. The minimum absolute atomic E-state index is 0.259. The highest BCUT2D eigenvalue weighted by molar-refractivity contribution is 7.98. The summed E-state index contributed by atoms with van der Waals surface area (Å²) in [5.74, 6) is 1.03. The first-order chi connectivity index (χ1) is 18.2.